The third-order valence-corrected chi connectivity index (χ3v) is 3.08. The van der Waals surface area contributed by atoms with Crippen LogP contribution in [-0.4, -0.2) is 27.4 Å². The van der Waals surface area contributed by atoms with E-state index in [9.17, 15) is 4.79 Å². The van der Waals surface area contributed by atoms with Gasteiger partial charge in [-0.05, 0) is 17.7 Å². The Morgan fingerprint density at radius 2 is 2.20 bits per heavy atom. The average Bonchev–Trinajstić information content (AvgIpc) is 3.04. The van der Waals surface area contributed by atoms with E-state index in [2.05, 4.69) is 4.98 Å². The standard InChI is InChI=1S/C14H14N2O4/c17-14(18)4-2-11-7-16(8-15-11)6-10-1-3-12-13(5-10)20-9-19-12/h1,3,5,7-8H,2,4,6,9H2,(H,17,18). The largest absolute Gasteiger partial charge is 0.481 e. The fourth-order valence-electron chi connectivity index (χ4n) is 2.11. The maximum absolute atomic E-state index is 10.5. The van der Waals surface area contributed by atoms with Crippen molar-refractivity contribution in [1.29, 1.82) is 0 Å². The summed E-state index contributed by atoms with van der Waals surface area (Å²) in [7, 11) is 0. The number of hydrogen-bond donors (Lipinski definition) is 1. The fraction of sp³-hybridized carbons (Fsp3) is 0.286. The quantitative estimate of drug-likeness (QED) is 0.898. The van der Waals surface area contributed by atoms with Gasteiger partial charge >= 0.3 is 5.97 Å². The first-order chi connectivity index (χ1) is 9.70. The van der Waals surface area contributed by atoms with Gasteiger partial charge < -0.3 is 19.1 Å². The number of carbonyl (C=O) groups is 1. The second kappa shape index (κ2) is 5.24. The summed E-state index contributed by atoms with van der Waals surface area (Å²) >= 11 is 0. The Balaban J connectivity index is 1.67. The number of carboxylic acids is 1. The zero-order valence-electron chi connectivity index (χ0n) is 10.8. The number of carboxylic acid groups (broad SMARTS) is 1. The minimum absolute atomic E-state index is 0.0983. The fourth-order valence-corrected chi connectivity index (χ4v) is 2.11. The Kier molecular flexibility index (Phi) is 3.28. The van der Waals surface area contributed by atoms with Gasteiger partial charge in [0.2, 0.25) is 6.79 Å². The molecule has 6 heteroatoms. The lowest BCUT2D eigenvalue weighted by atomic mass is 10.2. The minimum atomic E-state index is -0.810. The summed E-state index contributed by atoms with van der Waals surface area (Å²) in [6, 6.07) is 5.81. The summed E-state index contributed by atoms with van der Waals surface area (Å²) in [6.07, 6.45) is 4.12. The molecule has 2 aromatic rings. The summed E-state index contributed by atoms with van der Waals surface area (Å²) in [5, 5.41) is 8.65. The molecule has 20 heavy (non-hydrogen) atoms. The van der Waals surface area contributed by atoms with Crippen LogP contribution < -0.4 is 9.47 Å². The highest BCUT2D eigenvalue weighted by molar-refractivity contribution is 5.66. The van der Waals surface area contributed by atoms with E-state index in [0.717, 1.165) is 22.8 Å². The third kappa shape index (κ3) is 2.74. The minimum Gasteiger partial charge on any atom is -0.481 e. The van der Waals surface area contributed by atoms with Crippen molar-refractivity contribution < 1.29 is 19.4 Å². The Morgan fingerprint density at radius 3 is 3.05 bits per heavy atom. The Bertz CT molecular complexity index is 636. The van der Waals surface area contributed by atoms with Crippen molar-refractivity contribution in [3.63, 3.8) is 0 Å². The predicted molar refractivity (Wildman–Crippen MR) is 69.9 cm³/mol. The van der Waals surface area contributed by atoms with Crippen LogP contribution >= 0.6 is 0 Å². The highest BCUT2D eigenvalue weighted by Crippen LogP contribution is 2.32. The second-order valence-electron chi connectivity index (χ2n) is 4.62. The number of fused-ring (bicyclic) bond motifs is 1. The molecule has 0 saturated heterocycles. The van der Waals surface area contributed by atoms with Crippen molar-refractivity contribution in [2.75, 3.05) is 6.79 Å². The lowest BCUT2D eigenvalue weighted by molar-refractivity contribution is -0.136. The molecule has 0 atom stereocenters. The van der Waals surface area contributed by atoms with Gasteiger partial charge in [-0.3, -0.25) is 4.79 Å². The van der Waals surface area contributed by atoms with E-state index in [4.69, 9.17) is 14.6 Å². The molecule has 0 radical (unpaired) electrons. The molecule has 0 fully saturated rings. The maximum Gasteiger partial charge on any atom is 0.303 e. The van der Waals surface area contributed by atoms with E-state index in [0.29, 0.717) is 13.0 Å². The van der Waals surface area contributed by atoms with E-state index in [1.54, 1.807) is 6.33 Å². The summed E-state index contributed by atoms with van der Waals surface area (Å²) in [4.78, 5) is 14.7. The third-order valence-electron chi connectivity index (χ3n) is 3.08. The van der Waals surface area contributed by atoms with Crippen molar-refractivity contribution >= 4 is 5.97 Å². The molecule has 0 saturated carbocycles. The van der Waals surface area contributed by atoms with Gasteiger partial charge in [0, 0.05) is 19.2 Å². The Labute approximate surface area is 115 Å². The van der Waals surface area contributed by atoms with Crippen molar-refractivity contribution in [2.24, 2.45) is 0 Å². The number of imidazole rings is 1. The van der Waals surface area contributed by atoms with Gasteiger partial charge in [0.1, 0.15) is 0 Å². The van der Waals surface area contributed by atoms with Crippen LogP contribution in [0.25, 0.3) is 0 Å². The average molecular weight is 274 g/mol. The smallest absolute Gasteiger partial charge is 0.303 e. The highest BCUT2D eigenvalue weighted by Gasteiger charge is 2.13. The molecule has 0 aliphatic carbocycles. The van der Waals surface area contributed by atoms with Crippen LogP contribution in [0.3, 0.4) is 0 Å². The lowest BCUT2D eigenvalue weighted by Gasteiger charge is -2.03. The van der Waals surface area contributed by atoms with Gasteiger partial charge in [0.25, 0.3) is 0 Å². The molecular formula is C14H14N2O4. The van der Waals surface area contributed by atoms with Crippen molar-refractivity contribution in [2.45, 2.75) is 19.4 Å². The number of aliphatic carboxylic acids is 1. The molecule has 3 rings (SSSR count). The van der Waals surface area contributed by atoms with E-state index < -0.39 is 5.97 Å². The summed E-state index contributed by atoms with van der Waals surface area (Å²) in [5.41, 5.74) is 1.87. The number of aryl methyl sites for hydroxylation is 1. The van der Waals surface area contributed by atoms with E-state index in [1.165, 1.54) is 0 Å². The molecule has 2 heterocycles. The molecule has 0 unspecified atom stereocenters. The van der Waals surface area contributed by atoms with Gasteiger partial charge in [-0.1, -0.05) is 6.07 Å². The topological polar surface area (TPSA) is 73.6 Å². The van der Waals surface area contributed by atoms with Gasteiger partial charge in [-0.15, -0.1) is 0 Å². The normalized spacial score (nSPS) is 12.6. The summed E-state index contributed by atoms with van der Waals surface area (Å²) < 4.78 is 12.5. The zero-order chi connectivity index (χ0) is 13.9. The summed E-state index contributed by atoms with van der Waals surface area (Å²) in [5.74, 6) is 0.713. The number of benzene rings is 1. The van der Waals surface area contributed by atoms with Crippen LogP contribution in [0.15, 0.2) is 30.7 Å². The molecule has 1 N–H and O–H groups in total. The molecule has 0 bridgehead atoms. The van der Waals surface area contributed by atoms with Gasteiger partial charge in [0.15, 0.2) is 11.5 Å². The van der Waals surface area contributed by atoms with Gasteiger partial charge in [-0.25, -0.2) is 4.98 Å². The van der Waals surface area contributed by atoms with Crippen LogP contribution in [-0.2, 0) is 17.8 Å². The van der Waals surface area contributed by atoms with Crippen molar-refractivity contribution in [1.82, 2.24) is 9.55 Å². The molecule has 1 aromatic heterocycles. The first-order valence-corrected chi connectivity index (χ1v) is 6.32. The van der Waals surface area contributed by atoms with Crippen molar-refractivity contribution in [3.05, 3.63) is 42.0 Å². The van der Waals surface area contributed by atoms with Crippen LogP contribution in [0, 0.1) is 0 Å². The number of hydrogen-bond acceptors (Lipinski definition) is 4. The van der Waals surface area contributed by atoms with Crippen molar-refractivity contribution in [3.8, 4) is 11.5 Å². The lowest BCUT2D eigenvalue weighted by Crippen LogP contribution is -1.98. The van der Waals surface area contributed by atoms with E-state index in [-0.39, 0.29) is 13.2 Å². The first-order valence-electron chi connectivity index (χ1n) is 6.32. The van der Waals surface area contributed by atoms with Crippen LogP contribution in [0.4, 0.5) is 0 Å². The van der Waals surface area contributed by atoms with Crippen LogP contribution in [0.1, 0.15) is 17.7 Å². The molecular weight excluding hydrogens is 260 g/mol. The molecule has 0 amide bonds. The maximum atomic E-state index is 10.5. The monoisotopic (exact) mass is 274 g/mol. The Hall–Kier alpha value is -2.50. The summed E-state index contributed by atoms with van der Waals surface area (Å²) in [6.45, 7) is 0.930. The molecule has 6 nitrogen and oxygen atoms in total. The Morgan fingerprint density at radius 1 is 1.35 bits per heavy atom. The first kappa shape index (κ1) is 12.5. The molecule has 1 aliphatic rings. The second-order valence-corrected chi connectivity index (χ2v) is 4.62. The van der Waals surface area contributed by atoms with Gasteiger partial charge in [0.05, 0.1) is 18.4 Å². The van der Waals surface area contributed by atoms with Crippen LogP contribution in [0.5, 0.6) is 11.5 Å². The van der Waals surface area contributed by atoms with Crippen LogP contribution in [0.2, 0.25) is 0 Å². The van der Waals surface area contributed by atoms with E-state index >= 15 is 0 Å². The molecule has 104 valence electrons. The van der Waals surface area contributed by atoms with Gasteiger partial charge in [-0.2, -0.15) is 0 Å². The molecule has 1 aliphatic heterocycles. The highest BCUT2D eigenvalue weighted by atomic mass is 16.7. The SMILES string of the molecule is O=C(O)CCc1cn(Cc2ccc3c(c2)OCO3)cn1. The zero-order valence-corrected chi connectivity index (χ0v) is 10.8. The molecule has 1 aromatic carbocycles. The molecule has 0 spiro atoms. The number of aromatic nitrogens is 2. The van der Waals surface area contributed by atoms with E-state index in [1.807, 2.05) is 29.0 Å². The number of nitrogens with zero attached hydrogens (tertiary/aromatic N) is 2. The number of rotatable bonds is 5. The predicted octanol–water partition coefficient (Wildman–Crippen LogP) is 1.68. The number of ether oxygens (including phenoxy) is 2.